The van der Waals surface area contributed by atoms with E-state index in [1.54, 1.807) is 6.20 Å². The van der Waals surface area contributed by atoms with Gasteiger partial charge >= 0.3 is 0 Å². The fourth-order valence-electron chi connectivity index (χ4n) is 2.07. The molecular formula is C17H16ClN5. The van der Waals surface area contributed by atoms with Gasteiger partial charge in [0.15, 0.2) is 5.82 Å². The van der Waals surface area contributed by atoms with E-state index < -0.39 is 0 Å². The van der Waals surface area contributed by atoms with Crippen molar-refractivity contribution in [3.63, 3.8) is 0 Å². The Kier molecular flexibility index (Phi) is 4.68. The second-order valence-corrected chi connectivity index (χ2v) is 5.52. The maximum absolute atomic E-state index is 5.88. The Morgan fingerprint density at radius 2 is 1.83 bits per heavy atom. The molecule has 1 heterocycles. The first-order chi connectivity index (χ1) is 11.2. The first-order valence-corrected chi connectivity index (χ1v) is 7.59. The summed E-state index contributed by atoms with van der Waals surface area (Å²) in [4.78, 5) is 4.42. The molecule has 0 aliphatic rings. The molecule has 0 radical (unpaired) electrons. The summed E-state index contributed by atoms with van der Waals surface area (Å²) in [5, 5.41) is 15.1. The number of hydrogen-bond donors (Lipinski definition) is 2. The Morgan fingerprint density at radius 3 is 2.61 bits per heavy atom. The van der Waals surface area contributed by atoms with Crippen LogP contribution >= 0.6 is 11.6 Å². The summed E-state index contributed by atoms with van der Waals surface area (Å²) in [7, 11) is 0. The summed E-state index contributed by atoms with van der Waals surface area (Å²) >= 11 is 5.88. The number of aryl methyl sites for hydroxylation is 1. The van der Waals surface area contributed by atoms with Crippen LogP contribution in [0.1, 0.15) is 11.1 Å². The van der Waals surface area contributed by atoms with E-state index in [0.717, 1.165) is 21.8 Å². The van der Waals surface area contributed by atoms with Gasteiger partial charge in [-0.25, -0.2) is 0 Å². The van der Waals surface area contributed by atoms with Crippen LogP contribution in [0.25, 0.3) is 0 Å². The van der Waals surface area contributed by atoms with Crippen LogP contribution < -0.4 is 10.6 Å². The quantitative estimate of drug-likeness (QED) is 0.736. The monoisotopic (exact) mass is 325 g/mol. The number of benzene rings is 2. The van der Waals surface area contributed by atoms with Crippen molar-refractivity contribution in [3.05, 3.63) is 70.9 Å². The predicted molar refractivity (Wildman–Crippen MR) is 93.1 cm³/mol. The molecule has 0 bridgehead atoms. The van der Waals surface area contributed by atoms with E-state index in [4.69, 9.17) is 11.6 Å². The van der Waals surface area contributed by atoms with Gasteiger partial charge in [-0.2, -0.15) is 10.1 Å². The van der Waals surface area contributed by atoms with Gasteiger partial charge in [-0.15, -0.1) is 5.10 Å². The summed E-state index contributed by atoms with van der Waals surface area (Å²) in [6, 6.07) is 15.6. The van der Waals surface area contributed by atoms with Crippen LogP contribution in [0.3, 0.4) is 0 Å². The Balaban J connectivity index is 1.67. The third-order valence-corrected chi connectivity index (χ3v) is 3.58. The smallest absolute Gasteiger partial charge is 0.244 e. The van der Waals surface area contributed by atoms with E-state index in [1.807, 2.05) is 55.5 Å². The van der Waals surface area contributed by atoms with Gasteiger partial charge in [0.05, 0.1) is 6.20 Å². The van der Waals surface area contributed by atoms with E-state index in [-0.39, 0.29) is 0 Å². The molecule has 0 aliphatic heterocycles. The van der Waals surface area contributed by atoms with E-state index in [9.17, 15) is 0 Å². The first-order valence-electron chi connectivity index (χ1n) is 7.21. The van der Waals surface area contributed by atoms with Gasteiger partial charge in [0, 0.05) is 17.3 Å². The lowest BCUT2D eigenvalue weighted by Gasteiger charge is -2.09. The van der Waals surface area contributed by atoms with Gasteiger partial charge in [-0.05, 0) is 36.2 Å². The number of rotatable bonds is 5. The average Bonchev–Trinajstić information content (AvgIpc) is 2.57. The normalized spacial score (nSPS) is 10.3. The van der Waals surface area contributed by atoms with Crippen molar-refractivity contribution in [1.82, 2.24) is 15.2 Å². The largest absolute Gasteiger partial charge is 0.349 e. The number of anilines is 3. The standard InChI is InChI=1S/C17H16ClN5/c1-12-4-2-3-5-15(12)21-16-11-20-23-17(22-16)19-10-13-6-8-14(18)9-7-13/h2-9,11H,10H2,1H3,(H2,19,21,22,23). The molecular weight excluding hydrogens is 310 g/mol. The summed E-state index contributed by atoms with van der Waals surface area (Å²) in [5.41, 5.74) is 3.23. The molecule has 116 valence electrons. The Bertz CT molecular complexity index is 789. The molecule has 0 atom stereocenters. The van der Waals surface area contributed by atoms with Crippen molar-refractivity contribution < 1.29 is 0 Å². The van der Waals surface area contributed by atoms with Gasteiger partial charge in [-0.1, -0.05) is 41.9 Å². The van der Waals surface area contributed by atoms with Gasteiger partial charge in [0.25, 0.3) is 0 Å². The number of hydrogen-bond acceptors (Lipinski definition) is 5. The highest BCUT2D eigenvalue weighted by molar-refractivity contribution is 6.30. The highest BCUT2D eigenvalue weighted by atomic mass is 35.5. The van der Waals surface area contributed by atoms with Crippen molar-refractivity contribution in [2.24, 2.45) is 0 Å². The van der Waals surface area contributed by atoms with E-state index in [1.165, 1.54) is 0 Å². The fraction of sp³-hybridized carbons (Fsp3) is 0.118. The van der Waals surface area contributed by atoms with Gasteiger partial charge in [0.1, 0.15) is 0 Å². The van der Waals surface area contributed by atoms with Crippen LogP contribution in [-0.2, 0) is 6.54 Å². The van der Waals surface area contributed by atoms with Gasteiger partial charge < -0.3 is 10.6 Å². The maximum atomic E-state index is 5.88. The Labute approximate surface area is 139 Å². The summed E-state index contributed by atoms with van der Waals surface area (Å²) in [6.45, 7) is 2.64. The molecule has 0 saturated carbocycles. The topological polar surface area (TPSA) is 62.7 Å². The predicted octanol–water partition coefficient (Wildman–Crippen LogP) is 4.19. The molecule has 0 spiro atoms. The third kappa shape index (κ3) is 4.17. The summed E-state index contributed by atoms with van der Waals surface area (Å²) in [6.07, 6.45) is 1.60. The van der Waals surface area contributed by atoms with Crippen molar-refractivity contribution in [3.8, 4) is 0 Å². The van der Waals surface area contributed by atoms with Crippen molar-refractivity contribution in [2.75, 3.05) is 10.6 Å². The van der Waals surface area contributed by atoms with Gasteiger partial charge in [-0.3, -0.25) is 0 Å². The molecule has 2 aromatic carbocycles. The molecule has 23 heavy (non-hydrogen) atoms. The Hall–Kier alpha value is -2.66. The van der Waals surface area contributed by atoms with Gasteiger partial charge in [0.2, 0.25) is 5.95 Å². The minimum Gasteiger partial charge on any atom is -0.349 e. The molecule has 0 amide bonds. The average molecular weight is 326 g/mol. The zero-order valence-corrected chi connectivity index (χ0v) is 13.4. The molecule has 1 aromatic heterocycles. The van der Waals surface area contributed by atoms with Crippen LogP contribution in [0.15, 0.2) is 54.7 Å². The van der Waals surface area contributed by atoms with Crippen LogP contribution in [0.4, 0.5) is 17.5 Å². The third-order valence-electron chi connectivity index (χ3n) is 3.33. The molecule has 0 fully saturated rings. The van der Waals surface area contributed by atoms with Crippen molar-refractivity contribution >= 4 is 29.1 Å². The first kappa shape index (κ1) is 15.2. The highest BCUT2D eigenvalue weighted by Gasteiger charge is 2.03. The second kappa shape index (κ2) is 7.07. The van der Waals surface area contributed by atoms with E-state index >= 15 is 0 Å². The lowest BCUT2D eigenvalue weighted by Crippen LogP contribution is -2.06. The number of halogens is 1. The van der Waals surface area contributed by atoms with E-state index in [0.29, 0.717) is 18.3 Å². The maximum Gasteiger partial charge on any atom is 0.244 e. The number of para-hydroxylation sites is 1. The molecule has 5 nitrogen and oxygen atoms in total. The molecule has 3 rings (SSSR count). The van der Waals surface area contributed by atoms with E-state index in [2.05, 4.69) is 25.8 Å². The fourth-order valence-corrected chi connectivity index (χ4v) is 2.20. The molecule has 3 aromatic rings. The number of nitrogens with one attached hydrogen (secondary N) is 2. The van der Waals surface area contributed by atoms with Crippen LogP contribution in [0, 0.1) is 6.92 Å². The number of aromatic nitrogens is 3. The zero-order valence-electron chi connectivity index (χ0n) is 12.6. The minimum atomic E-state index is 0.471. The minimum absolute atomic E-state index is 0.471. The second-order valence-electron chi connectivity index (χ2n) is 5.09. The SMILES string of the molecule is Cc1ccccc1Nc1cnnc(NCc2ccc(Cl)cc2)n1. The number of nitrogens with zero attached hydrogens (tertiary/aromatic N) is 3. The molecule has 0 saturated heterocycles. The lowest BCUT2D eigenvalue weighted by atomic mass is 10.2. The van der Waals surface area contributed by atoms with Crippen LogP contribution in [-0.4, -0.2) is 15.2 Å². The van der Waals surface area contributed by atoms with Crippen LogP contribution in [0.5, 0.6) is 0 Å². The lowest BCUT2D eigenvalue weighted by molar-refractivity contribution is 0.948. The molecule has 2 N–H and O–H groups in total. The van der Waals surface area contributed by atoms with Crippen molar-refractivity contribution in [2.45, 2.75) is 13.5 Å². The van der Waals surface area contributed by atoms with Crippen molar-refractivity contribution in [1.29, 1.82) is 0 Å². The molecule has 0 unspecified atom stereocenters. The van der Waals surface area contributed by atoms with Crippen LogP contribution in [0.2, 0.25) is 5.02 Å². The molecule has 6 heteroatoms. The summed E-state index contributed by atoms with van der Waals surface area (Å²) < 4.78 is 0. The zero-order chi connectivity index (χ0) is 16.1. The summed E-state index contributed by atoms with van der Waals surface area (Å²) in [5.74, 6) is 1.12. The Morgan fingerprint density at radius 1 is 1.04 bits per heavy atom. The highest BCUT2D eigenvalue weighted by Crippen LogP contribution is 2.18. The molecule has 0 aliphatic carbocycles.